The first-order chi connectivity index (χ1) is 4.09. The minimum absolute atomic E-state index is 0.0370. The number of aliphatic hydroxyl groups excluding tert-OH is 2. The average molecular weight is 130 g/mol. The van der Waals surface area contributed by atoms with E-state index in [4.69, 9.17) is 10.2 Å². The molecule has 0 heterocycles. The summed E-state index contributed by atoms with van der Waals surface area (Å²) in [5.41, 5.74) is 0. The topological polar surface area (TPSA) is 40.5 Å². The van der Waals surface area contributed by atoms with Gasteiger partial charge in [0, 0.05) is 5.92 Å². The second-order valence-electron chi connectivity index (χ2n) is 2.33. The molecule has 0 saturated heterocycles. The lowest BCUT2D eigenvalue weighted by atomic mass is 10.0. The smallest absolute Gasteiger partial charge is 0.0855 e. The summed E-state index contributed by atoms with van der Waals surface area (Å²) in [7, 11) is 0. The Balaban J connectivity index is 3.71. The highest BCUT2D eigenvalue weighted by Gasteiger charge is 2.15. The molecule has 0 aromatic carbocycles. The van der Waals surface area contributed by atoms with Crippen molar-refractivity contribution in [1.82, 2.24) is 0 Å². The Labute approximate surface area is 55.8 Å². The van der Waals surface area contributed by atoms with Crippen LogP contribution in [0.25, 0.3) is 0 Å². The average Bonchev–Trinajstić information content (AvgIpc) is 1.84. The maximum absolute atomic E-state index is 9.07. The summed E-state index contributed by atoms with van der Waals surface area (Å²) in [6.07, 6.45) is 0.276. The van der Waals surface area contributed by atoms with Crippen LogP contribution in [-0.4, -0.2) is 22.4 Å². The van der Waals surface area contributed by atoms with E-state index in [1.54, 1.807) is 13.0 Å². The second-order valence-corrected chi connectivity index (χ2v) is 2.33. The molecule has 0 saturated carbocycles. The van der Waals surface area contributed by atoms with Gasteiger partial charge in [0.15, 0.2) is 0 Å². The van der Waals surface area contributed by atoms with Gasteiger partial charge < -0.3 is 10.2 Å². The van der Waals surface area contributed by atoms with Gasteiger partial charge in [0.25, 0.3) is 0 Å². The quantitative estimate of drug-likeness (QED) is 0.548. The zero-order chi connectivity index (χ0) is 7.44. The molecule has 0 fully saturated rings. The molecule has 3 atom stereocenters. The van der Waals surface area contributed by atoms with Gasteiger partial charge in [0.05, 0.1) is 12.2 Å². The summed E-state index contributed by atoms with van der Waals surface area (Å²) in [4.78, 5) is 0. The molecule has 2 heteroatoms. The van der Waals surface area contributed by atoms with Crippen molar-refractivity contribution >= 4 is 0 Å². The van der Waals surface area contributed by atoms with Gasteiger partial charge in [-0.15, -0.1) is 6.58 Å². The first-order valence-corrected chi connectivity index (χ1v) is 3.08. The Morgan fingerprint density at radius 3 is 1.89 bits per heavy atom. The van der Waals surface area contributed by atoms with Gasteiger partial charge in [-0.05, 0) is 6.92 Å². The second kappa shape index (κ2) is 3.64. The summed E-state index contributed by atoms with van der Waals surface area (Å²) in [6, 6.07) is 0. The predicted molar refractivity (Wildman–Crippen MR) is 37.0 cm³/mol. The van der Waals surface area contributed by atoms with E-state index in [-0.39, 0.29) is 5.92 Å². The first-order valence-electron chi connectivity index (χ1n) is 3.08. The van der Waals surface area contributed by atoms with E-state index >= 15 is 0 Å². The molecule has 0 rings (SSSR count). The van der Waals surface area contributed by atoms with Gasteiger partial charge in [-0.2, -0.15) is 0 Å². The van der Waals surface area contributed by atoms with Gasteiger partial charge in [-0.25, -0.2) is 0 Å². The van der Waals surface area contributed by atoms with Crippen LogP contribution in [0.5, 0.6) is 0 Å². The van der Waals surface area contributed by atoms with E-state index in [1.807, 2.05) is 6.92 Å². The molecule has 0 radical (unpaired) electrons. The Kier molecular flexibility index (Phi) is 3.50. The van der Waals surface area contributed by atoms with Gasteiger partial charge in [-0.3, -0.25) is 0 Å². The molecule has 9 heavy (non-hydrogen) atoms. The highest BCUT2D eigenvalue weighted by Crippen LogP contribution is 2.06. The number of aliphatic hydroxyl groups is 2. The minimum Gasteiger partial charge on any atom is -0.391 e. The Morgan fingerprint density at radius 1 is 1.33 bits per heavy atom. The van der Waals surface area contributed by atoms with Gasteiger partial charge in [0.1, 0.15) is 0 Å². The van der Waals surface area contributed by atoms with Gasteiger partial charge in [0.2, 0.25) is 0 Å². The zero-order valence-electron chi connectivity index (χ0n) is 5.91. The monoisotopic (exact) mass is 130 g/mol. The van der Waals surface area contributed by atoms with Crippen LogP contribution in [0.3, 0.4) is 0 Å². The number of rotatable bonds is 3. The van der Waals surface area contributed by atoms with Crippen LogP contribution in [0.4, 0.5) is 0 Å². The fourth-order valence-corrected chi connectivity index (χ4v) is 0.579. The lowest BCUT2D eigenvalue weighted by molar-refractivity contribution is 0.00985. The van der Waals surface area contributed by atoms with Crippen LogP contribution >= 0.6 is 0 Å². The van der Waals surface area contributed by atoms with Crippen molar-refractivity contribution in [3.8, 4) is 0 Å². The molecule has 0 aromatic rings. The normalized spacial score (nSPS) is 20.4. The van der Waals surface area contributed by atoms with Crippen molar-refractivity contribution in [3.05, 3.63) is 12.7 Å². The molecule has 2 nitrogen and oxygen atoms in total. The number of hydrogen-bond donors (Lipinski definition) is 2. The molecule has 0 aliphatic rings. The van der Waals surface area contributed by atoms with Crippen molar-refractivity contribution in [2.75, 3.05) is 0 Å². The lowest BCUT2D eigenvalue weighted by Gasteiger charge is -2.17. The molecule has 3 unspecified atom stereocenters. The van der Waals surface area contributed by atoms with E-state index in [0.717, 1.165) is 0 Å². The SMILES string of the molecule is C=CC(C)C(O)C(C)O. The summed E-state index contributed by atoms with van der Waals surface area (Å²) in [5.74, 6) is -0.0370. The van der Waals surface area contributed by atoms with Crippen LogP contribution in [0.15, 0.2) is 12.7 Å². The number of hydrogen-bond acceptors (Lipinski definition) is 2. The van der Waals surface area contributed by atoms with E-state index in [0.29, 0.717) is 0 Å². The molecule has 0 aliphatic heterocycles. The van der Waals surface area contributed by atoms with Crippen LogP contribution in [-0.2, 0) is 0 Å². The van der Waals surface area contributed by atoms with E-state index in [2.05, 4.69) is 6.58 Å². The summed E-state index contributed by atoms with van der Waals surface area (Å²) in [6.45, 7) is 6.86. The van der Waals surface area contributed by atoms with Crippen molar-refractivity contribution in [2.45, 2.75) is 26.1 Å². The third-order valence-electron chi connectivity index (χ3n) is 1.40. The molecule has 0 bridgehead atoms. The standard InChI is InChI=1S/C7H14O2/c1-4-5(2)7(9)6(3)8/h4-9H,1H2,2-3H3. The zero-order valence-corrected chi connectivity index (χ0v) is 5.91. The van der Waals surface area contributed by atoms with Crippen molar-refractivity contribution in [1.29, 1.82) is 0 Å². The Hall–Kier alpha value is -0.340. The molecule has 0 aromatic heterocycles. The van der Waals surface area contributed by atoms with E-state index < -0.39 is 12.2 Å². The highest BCUT2D eigenvalue weighted by atomic mass is 16.3. The fourth-order valence-electron chi connectivity index (χ4n) is 0.579. The predicted octanol–water partition coefficient (Wildman–Crippen LogP) is 0.550. The molecule has 54 valence electrons. The molecular weight excluding hydrogens is 116 g/mol. The minimum atomic E-state index is -0.678. The van der Waals surface area contributed by atoms with Crippen molar-refractivity contribution in [2.24, 2.45) is 5.92 Å². The third-order valence-corrected chi connectivity index (χ3v) is 1.40. The van der Waals surface area contributed by atoms with Crippen molar-refractivity contribution < 1.29 is 10.2 Å². The van der Waals surface area contributed by atoms with Crippen molar-refractivity contribution in [3.63, 3.8) is 0 Å². The molecule has 0 amide bonds. The summed E-state index contributed by atoms with van der Waals surface area (Å²) in [5, 5.41) is 17.9. The maximum Gasteiger partial charge on any atom is 0.0855 e. The molecule has 0 spiro atoms. The maximum atomic E-state index is 9.07. The fraction of sp³-hybridized carbons (Fsp3) is 0.714. The molecular formula is C7H14O2. The van der Waals surface area contributed by atoms with E-state index in [9.17, 15) is 0 Å². The summed E-state index contributed by atoms with van der Waals surface area (Å²) >= 11 is 0. The first kappa shape index (κ1) is 8.66. The molecule has 0 aliphatic carbocycles. The largest absolute Gasteiger partial charge is 0.391 e. The van der Waals surface area contributed by atoms with Gasteiger partial charge >= 0.3 is 0 Å². The molecule has 2 N–H and O–H groups in total. The van der Waals surface area contributed by atoms with Crippen LogP contribution < -0.4 is 0 Å². The Bertz CT molecular complexity index is 88.9. The highest BCUT2D eigenvalue weighted by molar-refractivity contribution is 4.83. The summed E-state index contributed by atoms with van der Waals surface area (Å²) < 4.78 is 0. The van der Waals surface area contributed by atoms with Gasteiger partial charge in [-0.1, -0.05) is 13.0 Å². The van der Waals surface area contributed by atoms with Crippen LogP contribution in [0, 0.1) is 5.92 Å². The van der Waals surface area contributed by atoms with E-state index in [1.165, 1.54) is 0 Å². The Morgan fingerprint density at radius 2 is 1.78 bits per heavy atom. The van der Waals surface area contributed by atoms with Crippen LogP contribution in [0.1, 0.15) is 13.8 Å². The lowest BCUT2D eigenvalue weighted by Crippen LogP contribution is -2.28. The van der Waals surface area contributed by atoms with Crippen LogP contribution in [0.2, 0.25) is 0 Å². The third kappa shape index (κ3) is 2.63.